The van der Waals surface area contributed by atoms with Gasteiger partial charge in [0, 0.05) is 25.7 Å². The second kappa shape index (κ2) is 5.99. The Hall–Kier alpha value is -1.04. The Morgan fingerprint density at radius 2 is 2.14 bits per heavy atom. The number of rotatable bonds is 3. The van der Waals surface area contributed by atoms with Gasteiger partial charge in [0.05, 0.1) is 12.2 Å². The maximum Gasteiger partial charge on any atom is 0.159 e. The molecule has 1 aromatic carbocycles. The van der Waals surface area contributed by atoms with Crippen LogP contribution in [0.1, 0.15) is 24.8 Å². The zero-order valence-electron chi connectivity index (χ0n) is 12.0. The molecule has 0 aliphatic carbocycles. The van der Waals surface area contributed by atoms with E-state index in [-0.39, 0.29) is 11.6 Å². The fraction of sp³-hybridized carbons (Fsp3) is 0.625. The summed E-state index contributed by atoms with van der Waals surface area (Å²) in [5, 5.41) is 0. The van der Waals surface area contributed by atoms with Crippen LogP contribution in [0.25, 0.3) is 0 Å². The first kappa shape index (κ1) is 14.9. The molecule has 3 rings (SSSR count). The Balaban J connectivity index is 1.64. The van der Waals surface area contributed by atoms with E-state index >= 15 is 0 Å². The average Bonchev–Trinajstić information content (AvgIpc) is 2.91. The first-order chi connectivity index (χ1) is 10.1. The van der Waals surface area contributed by atoms with E-state index in [1.165, 1.54) is 6.07 Å². The molecule has 1 spiro atoms. The molecular formula is C16H21F2NO2. The minimum absolute atomic E-state index is 0.0729. The van der Waals surface area contributed by atoms with Gasteiger partial charge in [-0.05, 0) is 42.9 Å². The van der Waals surface area contributed by atoms with Crippen LogP contribution >= 0.6 is 0 Å². The van der Waals surface area contributed by atoms with Crippen molar-refractivity contribution in [2.75, 3.05) is 19.8 Å². The van der Waals surface area contributed by atoms with Crippen molar-refractivity contribution < 1.29 is 18.3 Å². The molecule has 0 radical (unpaired) electrons. The highest BCUT2D eigenvalue weighted by molar-refractivity contribution is 5.19. The molecule has 2 saturated heterocycles. The number of ether oxygens (including phenoxy) is 2. The van der Waals surface area contributed by atoms with E-state index in [4.69, 9.17) is 15.2 Å². The monoisotopic (exact) mass is 297 g/mol. The summed E-state index contributed by atoms with van der Waals surface area (Å²) in [6.07, 6.45) is 3.27. The lowest BCUT2D eigenvalue weighted by atomic mass is 9.79. The molecule has 5 heteroatoms. The van der Waals surface area contributed by atoms with Crippen molar-refractivity contribution in [1.29, 1.82) is 0 Å². The van der Waals surface area contributed by atoms with Crippen molar-refractivity contribution in [3.05, 3.63) is 35.4 Å². The summed E-state index contributed by atoms with van der Waals surface area (Å²) in [7, 11) is 0. The molecule has 3 unspecified atom stereocenters. The highest BCUT2D eigenvalue weighted by atomic mass is 19.2. The summed E-state index contributed by atoms with van der Waals surface area (Å²) in [6, 6.07) is 3.93. The molecule has 3 atom stereocenters. The van der Waals surface area contributed by atoms with E-state index in [9.17, 15) is 8.78 Å². The fourth-order valence-corrected chi connectivity index (χ4v) is 3.40. The summed E-state index contributed by atoms with van der Waals surface area (Å²) in [6.45, 7) is 2.08. The number of nitrogens with two attached hydrogens (primary N) is 1. The molecule has 1 aromatic rings. The molecule has 0 amide bonds. The maximum atomic E-state index is 13.3. The van der Waals surface area contributed by atoms with Crippen molar-refractivity contribution in [3.63, 3.8) is 0 Å². The molecule has 2 fully saturated rings. The Morgan fingerprint density at radius 1 is 1.29 bits per heavy atom. The molecule has 116 valence electrons. The SMILES string of the molecule is NC(Cc1ccc(F)c(F)c1)C1CCOC2(CCOC2)C1. The number of hydrogen-bond donors (Lipinski definition) is 1. The largest absolute Gasteiger partial charge is 0.378 e. The Kier molecular flexibility index (Phi) is 4.24. The summed E-state index contributed by atoms with van der Waals surface area (Å²) in [4.78, 5) is 0. The predicted octanol–water partition coefficient (Wildman–Crippen LogP) is 2.42. The van der Waals surface area contributed by atoms with E-state index in [1.54, 1.807) is 6.07 Å². The van der Waals surface area contributed by atoms with Gasteiger partial charge >= 0.3 is 0 Å². The second-order valence-corrected chi connectivity index (χ2v) is 6.20. The third-order valence-corrected chi connectivity index (χ3v) is 4.66. The van der Waals surface area contributed by atoms with Gasteiger partial charge in [0.25, 0.3) is 0 Å². The summed E-state index contributed by atoms with van der Waals surface area (Å²) >= 11 is 0. The molecule has 21 heavy (non-hydrogen) atoms. The molecule has 0 bridgehead atoms. The van der Waals surface area contributed by atoms with Crippen LogP contribution in [-0.4, -0.2) is 31.5 Å². The standard InChI is InChI=1S/C16H21F2NO2/c17-13-2-1-11(7-14(13)18)8-15(19)12-3-5-21-16(9-12)4-6-20-10-16/h1-2,7,12,15H,3-6,8-10,19H2. The first-order valence-electron chi connectivity index (χ1n) is 7.49. The lowest BCUT2D eigenvalue weighted by Crippen LogP contribution is -2.46. The van der Waals surface area contributed by atoms with Gasteiger partial charge in [0.15, 0.2) is 11.6 Å². The summed E-state index contributed by atoms with van der Waals surface area (Å²) < 4.78 is 37.6. The van der Waals surface area contributed by atoms with E-state index in [0.717, 1.165) is 37.5 Å². The van der Waals surface area contributed by atoms with E-state index < -0.39 is 11.6 Å². The van der Waals surface area contributed by atoms with Crippen molar-refractivity contribution in [1.82, 2.24) is 0 Å². The first-order valence-corrected chi connectivity index (χ1v) is 7.49. The van der Waals surface area contributed by atoms with Gasteiger partial charge in [-0.25, -0.2) is 8.78 Å². The third-order valence-electron chi connectivity index (χ3n) is 4.66. The van der Waals surface area contributed by atoms with Gasteiger partial charge in [-0.2, -0.15) is 0 Å². The van der Waals surface area contributed by atoms with Crippen LogP contribution in [0.15, 0.2) is 18.2 Å². The minimum Gasteiger partial charge on any atom is -0.378 e. The maximum absolute atomic E-state index is 13.3. The quantitative estimate of drug-likeness (QED) is 0.932. The molecule has 2 N–H and O–H groups in total. The van der Waals surface area contributed by atoms with Gasteiger partial charge in [-0.15, -0.1) is 0 Å². The van der Waals surface area contributed by atoms with Crippen LogP contribution in [0.5, 0.6) is 0 Å². The van der Waals surface area contributed by atoms with E-state index in [0.29, 0.717) is 25.6 Å². The lowest BCUT2D eigenvalue weighted by Gasteiger charge is -2.39. The zero-order chi connectivity index (χ0) is 14.9. The molecular weight excluding hydrogens is 276 g/mol. The van der Waals surface area contributed by atoms with Crippen molar-refractivity contribution in [2.45, 2.75) is 37.3 Å². The van der Waals surface area contributed by atoms with E-state index in [2.05, 4.69) is 0 Å². The van der Waals surface area contributed by atoms with Crippen LogP contribution in [-0.2, 0) is 15.9 Å². The molecule has 2 aliphatic heterocycles. The van der Waals surface area contributed by atoms with Crippen molar-refractivity contribution in [2.24, 2.45) is 11.7 Å². The van der Waals surface area contributed by atoms with E-state index in [1.807, 2.05) is 0 Å². The van der Waals surface area contributed by atoms with Gasteiger partial charge in [0.1, 0.15) is 0 Å². The van der Waals surface area contributed by atoms with Crippen LogP contribution in [0.3, 0.4) is 0 Å². The fourth-order valence-electron chi connectivity index (χ4n) is 3.40. The third kappa shape index (κ3) is 3.25. The van der Waals surface area contributed by atoms with Crippen molar-refractivity contribution in [3.8, 4) is 0 Å². The second-order valence-electron chi connectivity index (χ2n) is 6.20. The summed E-state index contributed by atoms with van der Waals surface area (Å²) in [5.41, 5.74) is 6.88. The lowest BCUT2D eigenvalue weighted by molar-refractivity contribution is -0.101. The van der Waals surface area contributed by atoms with Gasteiger partial charge in [0.2, 0.25) is 0 Å². The average molecular weight is 297 g/mol. The minimum atomic E-state index is -0.819. The Bertz CT molecular complexity index is 503. The number of halogens is 2. The number of hydrogen-bond acceptors (Lipinski definition) is 3. The zero-order valence-corrected chi connectivity index (χ0v) is 12.0. The smallest absolute Gasteiger partial charge is 0.159 e. The van der Waals surface area contributed by atoms with Crippen LogP contribution in [0.2, 0.25) is 0 Å². The molecule has 2 heterocycles. The van der Waals surface area contributed by atoms with Crippen LogP contribution in [0, 0.1) is 17.6 Å². The van der Waals surface area contributed by atoms with Crippen LogP contribution in [0.4, 0.5) is 8.78 Å². The summed E-state index contributed by atoms with van der Waals surface area (Å²) in [5.74, 6) is -1.30. The Labute approximate surface area is 123 Å². The predicted molar refractivity (Wildman–Crippen MR) is 74.9 cm³/mol. The highest BCUT2D eigenvalue weighted by Crippen LogP contribution is 2.37. The number of benzene rings is 1. The highest BCUT2D eigenvalue weighted by Gasteiger charge is 2.42. The van der Waals surface area contributed by atoms with Gasteiger partial charge in [-0.1, -0.05) is 6.07 Å². The van der Waals surface area contributed by atoms with Crippen molar-refractivity contribution >= 4 is 0 Å². The molecule has 2 aliphatic rings. The van der Waals surface area contributed by atoms with Gasteiger partial charge < -0.3 is 15.2 Å². The van der Waals surface area contributed by atoms with Gasteiger partial charge in [-0.3, -0.25) is 0 Å². The molecule has 3 nitrogen and oxygen atoms in total. The van der Waals surface area contributed by atoms with Crippen LogP contribution < -0.4 is 5.73 Å². The normalized spacial score (nSPS) is 30.7. The molecule has 0 aromatic heterocycles. The topological polar surface area (TPSA) is 44.5 Å². The molecule has 0 saturated carbocycles. The Morgan fingerprint density at radius 3 is 2.86 bits per heavy atom.